The number of aromatic hydroxyl groups is 1. The van der Waals surface area contributed by atoms with Crippen LogP contribution in [0.1, 0.15) is 17.0 Å². The van der Waals surface area contributed by atoms with Crippen molar-refractivity contribution in [3.63, 3.8) is 0 Å². The summed E-state index contributed by atoms with van der Waals surface area (Å²) in [6.07, 6.45) is 0. The van der Waals surface area contributed by atoms with E-state index in [1.807, 2.05) is 0 Å². The Hall–Kier alpha value is -3.81. The first-order chi connectivity index (χ1) is 13.4. The van der Waals surface area contributed by atoms with Gasteiger partial charge >= 0.3 is 0 Å². The summed E-state index contributed by atoms with van der Waals surface area (Å²) in [5.74, 6) is -0.137. The second-order valence-corrected chi connectivity index (χ2v) is 6.39. The van der Waals surface area contributed by atoms with E-state index >= 15 is 0 Å². The number of nitrogens with two attached hydrogens (primary N) is 1. The largest absolute Gasteiger partial charge is 0.508 e. The highest BCUT2D eigenvalue weighted by molar-refractivity contribution is 6.15. The molecule has 4 rings (SSSR count). The van der Waals surface area contributed by atoms with Crippen molar-refractivity contribution >= 4 is 16.7 Å². The van der Waals surface area contributed by atoms with Gasteiger partial charge in [-0.2, -0.15) is 0 Å². The van der Waals surface area contributed by atoms with Gasteiger partial charge in [0, 0.05) is 11.1 Å². The van der Waals surface area contributed by atoms with E-state index in [1.165, 1.54) is 18.2 Å². The summed E-state index contributed by atoms with van der Waals surface area (Å²) in [6.45, 7) is 3.50. The minimum atomic E-state index is -0.510. The van der Waals surface area contributed by atoms with Gasteiger partial charge in [-0.3, -0.25) is 0 Å². The number of hydrogen-bond acceptors (Lipinski definition) is 5. The van der Waals surface area contributed by atoms with E-state index in [1.54, 1.807) is 42.7 Å². The number of nitrogens with zero attached hydrogens (tertiary/aromatic N) is 3. The Balaban J connectivity index is 2.26. The number of rotatable bonds is 3. The van der Waals surface area contributed by atoms with Crippen LogP contribution in [0.2, 0.25) is 0 Å². The summed E-state index contributed by atoms with van der Waals surface area (Å²) in [5, 5.41) is 26.4. The summed E-state index contributed by atoms with van der Waals surface area (Å²) >= 11 is 0. The molecule has 0 radical (unpaired) electrons. The minimum absolute atomic E-state index is 0.0990. The zero-order valence-corrected chi connectivity index (χ0v) is 15.1. The maximum atomic E-state index is 14.9. The van der Waals surface area contributed by atoms with Gasteiger partial charge in [0.2, 0.25) is 0 Å². The van der Waals surface area contributed by atoms with Crippen molar-refractivity contribution in [2.45, 2.75) is 13.8 Å². The van der Waals surface area contributed by atoms with E-state index in [0.717, 1.165) is 0 Å². The number of phenols is 1. The number of aryl methyl sites for hydroxylation is 2. The Morgan fingerprint density at radius 1 is 1.18 bits per heavy atom. The van der Waals surface area contributed by atoms with Crippen molar-refractivity contribution in [1.82, 2.24) is 9.72 Å². The van der Waals surface area contributed by atoms with Gasteiger partial charge in [0.05, 0.1) is 28.0 Å². The first-order valence-corrected chi connectivity index (χ1v) is 8.47. The molecule has 4 N–H and O–H groups in total. The van der Waals surface area contributed by atoms with Gasteiger partial charge in [-0.05, 0) is 50.2 Å². The molecule has 4 aromatic rings. The Morgan fingerprint density at radius 2 is 1.89 bits per heavy atom. The minimum Gasteiger partial charge on any atom is -0.508 e. The lowest BCUT2D eigenvalue weighted by Crippen LogP contribution is -2.15. The van der Waals surface area contributed by atoms with Gasteiger partial charge in [0.15, 0.2) is 5.84 Å². The molecule has 7 nitrogen and oxygen atoms in total. The van der Waals surface area contributed by atoms with Crippen LogP contribution >= 0.6 is 0 Å². The van der Waals surface area contributed by atoms with Crippen molar-refractivity contribution in [1.29, 1.82) is 0 Å². The van der Waals surface area contributed by atoms with Gasteiger partial charge in [-0.15, -0.1) is 0 Å². The molecule has 0 saturated carbocycles. The molecule has 0 fully saturated rings. The van der Waals surface area contributed by atoms with Gasteiger partial charge in [0.1, 0.15) is 17.3 Å². The highest BCUT2D eigenvalue weighted by Crippen LogP contribution is 2.40. The van der Waals surface area contributed by atoms with Crippen LogP contribution in [-0.2, 0) is 0 Å². The molecule has 0 saturated heterocycles. The number of hydrogen-bond donors (Lipinski definition) is 3. The highest BCUT2D eigenvalue weighted by atomic mass is 19.1. The van der Waals surface area contributed by atoms with Gasteiger partial charge in [0.25, 0.3) is 0 Å². The predicted octanol–water partition coefficient (Wildman–Crippen LogP) is 3.84. The molecule has 0 spiro atoms. The zero-order chi connectivity index (χ0) is 20.0. The molecule has 0 atom stereocenters. The third-order valence-electron chi connectivity index (χ3n) is 4.68. The lowest BCUT2D eigenvalue weighted by Gasteiger charge is -2.12. The van der Waals surface area contributed by atoms with Crippen LogP contribution in [-0.4, -0.2) is 25.9 Å². The molecule has 142 valence electrons. The molecule has 0 amide bonds. The molecule has 8 heteroatoms. The monoisotopic (exact) mass is 380 g/mol. The zero-order valence-electron chi connectivity index (χ0n) is 15.1. The average molecular weight is 380 g/mol. The fourth-order valence-electron chi connectivity index (χ4n) is 3.52. The predicted molar refractivity (Wildman–Crippen MR) is 102 cm³/mol. The van der Waals surface area contributed by atoms with Crippen molar-refractivity contribution in [3.8, 4) is 22.7 Å². The highest BCUT2D eigenvalue weighted by Gasteiger charge is 2.28. The lowest BCUT2D eigenvalue weighted by molar-refractivity contribution is 0.318. The molecule has 0 bridgehead atoms. The third kappa shape index (κ3) is 2.50. The van der Waals surface area contributed by atoms with Gasteiger partial charge < -0.3 is 25.1 Å². The molecule has 2 aromatic carbocycles. The van der Waals surface area contributed by atoms with Crippen LogP contribution in [0.3, 0.4) is 0 Å². The molecular formula is C20H17FN4O3. The maximum absolute atomic E-state index is 14.9. The van der Waals surface area contributed by atoms with Crippen LogP contribution in [0.25, 0.3) is 27.8 Å². The fourth-order valence-corrected chi connectivity index (χ4v) is 3.52. The first-order valence-electron chi connectivity index (χ1n) is 8.47. The standard InChI is InChI=1S/C20H17FN4O3/c1-10-16(11(2)28-24-10)19-18(20(22)23-27)17-14(21)4-3-5-15(17)25(19)12-6-8-13(26)9-7-12/h3-9,26-27H,1-2H3,(H2,22,23). The molecular weight excluding hydrogens is 363 g/mol. The van der Waals surface area contributed by atoms with E-state index in [0.29, 0.717) is 33.9 Å². The summed E-state index contributed by atoms with van der Waals surface area (Å²) in [7, 11) is 0. The second kappa shape index (κ2) is 6.41. The van der Waals surface area contributed by atoms with E-state index in [9.17, 15) is 14.7 Å². The average Bonchev–Trinajstić information content (AvgIpc) is 3.19. The van der Waals surface area contributed by atoms with Crippen molar-refractivity contribution in [2.24, 2.45) is 10.9 Å². The van der Waals surface area contributed by atoms with E-state index < -0.39 is 5.82 Å². The first kappa shape index (κ1) is 17.6. The summed E-state index contributed by atoms with van der Waals surface area (Å²) in [6, 6.07) is 11.1. The van der Waals surface area contributed by atoms with Crippen LogP contribution in [0.4, 0.5) is 4.39 Å². The quantitative estimate of drug-likeness (QED) is 0.216. The van der Waals surface area contributed by atoms with Crippen molar-refractivity contribution in [3.05, 3.63) is 65.3 Å². The topological polar surface area (TPSA) is 110 Å². The molecule has 0 aliphatic rings. The number of amidine groups is 1. The number of phenolic OH excluding ortho intramolecular Hbond substituents is 1. The number of oxime groups is 1. The molecule has 2 heterocycles. The Bertz CT molecular complexity index is 1200. The second-order valence-electron chi connectivity index (χ2n) is 6.39. The van der Waals surface area contributed by atoms with E-state index in [4.69, 9.17) is 10.3 Å². The van der Waals surface area contributed by atoms with Crippen molar-refractivity contribution < 1.29 is 19.2 Å². The molecule has 0 aliphatic carbocycles. The molecule has 0 aliphatic heterocycles. The Kier molecular flexibility index (Phi) is 4.03. The van der Waals surface area contributed by atoms with E-state index in [-0.39, 0.29) is 22.5 Å². The number of aromatic nitrogens is 2. The maximum Gasteiger partial charge on any atom is 0.173 e. The fraction of sp³-hybridized carbons (Fsp3) is 0.100. The Morgan fingerprint density at radius 3 is 2.50 bits per heavy atom. The Labute approximate surface area is 159 Å². The van der Waals surface area contributed by atoms with E-state index in [2.05, 4.69) is 10.3 Å². The summed E-state index contributed by atoms with van der Waals surface area (Å²) in [5.41, 5.74) is 9.06. The molecule has 0 unspecified atom stereocenters. The number of fused-ring (bicyclic) bond motifs is 1. The third-order valence-corrected chi connectivity index (χ3v) is 4.68. The van der Waals surface area contributed by atoms with Gasteiger partial charge in [-0.25, -0.2) is 4.39 Å². The normalized spacial score (nSPS) is 12.0. The molecule has 2 aromatic heterocycles. The van der Waals surface area contributed by atoms with Crippen LogP contribution in [0.15, 0.2) is 52.1 Å². The number of halogens is 1. The summed E-state index contributed by atoms with van der Waals surface area (Å²) < 4.78 is 22.0. The van der Waals surface area contributed by atoms with Crippen molar-refractivity contribution in [2.75, 3.05) is 0 Å². The lowest BCUT2D eigenvalue weighted by atomic mass is 10.0. The van der Waals surface area contributed by atoms with Gasteiger partial charge in [-0.1, -0.05) is 16.4 Å². The SMILES string of the molecule is Cc1noc(C)c1-c1c(C(N)=NO)c2c(F)cccc2n1-c1ccc(O)cc1. The molecule has 28 heavy (non-hydrogen) atoms. The smallest absolute Gasteiger partial charge is 0.173 e. The van der Waals surface area contributed by atoms with Crippen LogP contribution < -0.4 is 5.73 Å². The van der Waals surface area contributed by atoms with Crippen LogP contribution in [0.5, 0.6) is 5.75 Å². The van der Waals surface area contributed by atoms with Crippen LogP contribution in [0, 0.1) is 19.7 Å². The summed E-state index contributed by atoms with van der Waals surface area (Å²) in [4.78, 5) is 0. The number of benzene rings is 2.